The lowest BCUT2D eigenvalue weighted by Gasteiger charge is -2.09. The first-order valence-corrected chi connectivity index (χ1v) is 7.12. The maximum Gasteiger partial charge on any atom is 0.255 e. The fraction of sp³-hybridized carbons (Fsp3) is 0.118. The number of ether oxygens (including phenoxy) is 1. The molecule has 3 amide bonds. The van der Waals surface area contributed by atoms with E-state index in [-0.39, 0.29) is 6.54 Å². The van der Waals surface area contributed by atoms with E-state index < -0.39 is 17.7 Å². The number of nitrogens with two attached hydrogens (primary N) is 1. The van der Waals surface area contributed by atoms with Crippen molar-refractivity contribution in [3.8, 4) is 5.75 Å². The quantitative estimate of drug-likeness (QED) is 0.739. The van der Waals surface area contributed by atoms with Gasteiger partial charge in [-0.3, -0.25) is 14.4 Å². The zero-order chi connectivity index (χ0) is 17.5. The summed E-state index contributed by atoms with van der Waals surface area (Å²) in [5.41, 5.74) is 6.33. The number of benzene rings is 2. The number of primary amides is 1. The van der Waals surface area contributed by atoms with Gasteiger partial charge in [0, 0.05) is 11.3 Å². The molecular formula is C17H17N3O4. The predicted molar refractivity (Wildman–Crippen MR) is 88.9 cm³/mol. The standard InChI is InChI=1S/C17H17N3O4/c1-24-14-5-3-2-4-13(14)17(23)19-10-15(21)20-12-8-6-11(7-9-12)16(18)22/h2-9H,10H2,1H3,(H2,18,22)(H,19,23)(H,20,21). The SMILES string of the molecule is COc1ccccc1C(=O)NCC(=O)Nc1ccc(C(N)=O)cc1. The fourth-order valence-electron chi connectivity index (χ4n) is 2.01. The van der Waals surface area contributed by atoms with Crippen molar-refractivity contribution in [2.45, 2.75) is 0 Å². The Morgan fingerprint density at radius 2 is 1.71 bits per heavy atom. The van der Waals surface area contributed by atoms with Crippen LogP contribution in [0.15, 0.2) is 48.5 Å². The molecule has 0 saturated carbocycles. The van der Waals surface area contributed by atoms with E-state index in [1.807, 2.05) is 0 Å². The van der Waals surface area contributed by atoms with Gasteiger partial charge in [-0.1, -0.05) is 12.1 Å². The van der Waals surface area contributed by atoms with Gasteiger partial charge in [0.15, 0.2) is 0 Å². The average molecular weight is 327 g/mol. The second-order valence-corrected chi connectivity index (χ2v) is 4.87. The molecule has 0 heterocycles. The van der Waals surface area contributed by atoms with Crippen molar-refractivity contribution in [3.05, 3.63) is 59.7 Å². The average Bonchev–Trinajstić information content (AvgIpc) is 2.60. The van der Waals surface area contributed by atoms with Crippen molar-refractivity contribution in [1.82, 2.24) is 5.32 Å². The third-order valence-electron chi connectivity index (χ3n) is 3.21. The summed E-state index contributed by atoms with van der Waals surface area (Å²) in [5.74, 6) is -0.925. The lowest BCUT2D eigenvalue weighted by molar-refractivity contribution is -0.115. The molecule has 0 fully saturated rings. The molecule has 0 aliphatic carbocycles. The van der Waals surface area contributed by atoms with E-state index >= 15 is 0 Å². The van der Waals surface area contributed by atoms with Crippen LogP contribution < -0.4 is 21.1 Å². The van der Waals surface area contributed by atoms with Gasteiger partial charge in [-0.2, -0.15) is 0 Å². The monoisotopic (exact) mass is 327 g/mol. The van der Waals surface area contributed by atoms with Gasteiger partial charge in [-0.05, 0) is 36.4 Å². The summed E-state index contributed by atoms with van der Waals surface area (Å²) < 4.78 is 5.10. The number of carbonyl (C=O) groups is 3. The highest BCUT2D eigenvalue weighted by atomic mass is 16.5. The van der Waals surface area contributed by atoms with Gasteiger partial charge < -0.3 is 21.1 Å². The van der Waals surface area contributed by atoms with Crippen molar-refractivity contribution in [2.75, 3.05) is 19.0 Å². The Kier molecular flexibility index (Phi) is 5.51. The number of rotatable bonds is 6. The van der Waals surface area contributed by atoms with E-state index in [1.54, 1.807) is 36.4 Å². The van der Waals surface area contributed by atoms with Gasteiger partial charge in [-0.25, -0.2) is 0 Å². The molecular weight excluding hydrogens is 310 g/mol. The molecule has 7 nitrogen and oxygen atoms in total. The van der Waals surface area contributed by atoms with Gasteiger partial charge in [-0.15, -0.1) is 0 Å². The van der Waals surface area contributed by atoms with E-state index in [4.69, 9.17) is 10.5 Å². The van der Waals surface area contributed by atoms with Crippen LogP contribution in [0.25, 0.3) is 0 Å². The van der Waals surface area contributed by atoms with Crippen molar-refractivity contribution in [3.63, 3.8) is 0 Å². The molecule has 0 radical (unpaired) electrons. The Morgan fingerprint density at radius 3 is 2.33 bits per heavy atom. The van der Waals surface area contributed by atoms with Crippen LogP contribution in [0.4, 0.5) is 5.69 Å². The van der Waals surface area contributed by atoms with Gasteiger partial charge in [0.2, 0.25) is 11.8 Å². The zero-order valence-electron chi connectivity index (χ0n) is 13.0. The molecule has 0 saturated heterocycles. The molecule has 0 spiro atoms. The highest BCUT2D eigenvalue weighted by Crippen LogP contribution is 2.16. The van der Waals surface area contributed by atoms with E-state index in [0.717, 1.165) is 0 Å². The molecule has 2 rings (SSSR count). The predicted octanol–water partition coefficient (Wildman–Crippen LogP) is 1.16. The summed E-state index contributed by atoms with van der Waals surface area (Å²) in [7, 11) is 1.47. The van der Waals surface area contributed by atoms with E-state index in [1.165, 1.54) is 19.2 Å². The Bertz CT molecular complexity index is 757. The number of methoxy groups -OCH3 is 1. The van der Waals surface area contributed by atoms with Crippen molar-refractivity contribution < 1.29 is 19.1 Å². The third-order valence-corrected chi connectivity index (χ3v) is 3.21. The smallest absolute Gasteiger partial charge is 0.255 e. The molecule has 0 aliphatic rings. The van der Waals surface area contributed by atoms with Gasteiger partial charge in [0.1, 0.15) is 5.75 Å². The van der Waals surface area contributed by atoms with Crippen LogP contribution in [-0.4, -0.2) is 31.4 Å². The Morgan fingerprint density at radius 1 is 1.04 bits per heavy atom. The molecule has 0 atom stereocenters. The molecule has 4 N–H and O–H groups in total. The van der Waals surface area contributed by atoms with Gasteiger partial charge >= 0.3 is 0 Å². The van der Waals surface area contributed by atoms with Crippen LogP contribution in [0.1, 0.15) is 20.7 Å². The molecule has 0 unspecified atom stereocenters. The summed E-state index contributed by atoms with van der Waals surface area (Å²) in [5, 5.41) is 5.12. The second-order valence-electron chi connectivity index (χ2n) is 4.87. The van der Waals surface area contributed by atoms with Crippen molar-refractivity contribution >= 4 is 23.4 Å². The zero-order valence-corrected chi connectivity index (χ0v) is 13.0. The molecule has 124 valence electrons. The van der Waals surface area contributed by atoms with Crippen LogP contribution in [-0.2, 0) is 4.79 Å². The topological polar surface area (TPSA) is 111 Å². The van der Waals surface area contributed by atoms with Crippen molar-refractivity contribution in [2.24, 2.45) is 5.73 Å². The van der Waals surface area contributed by atoms with Crippen LogP contribution in [0.3, 0.4) is 0 Å². The highest BCUT2D eigenvalue weighted by molar-refractivity contribution is 6.01. The van der Waals surface area contributed by atoms with Crippen LogP contribution in [0.2, 0.25) is 0 Å². The van der Waals surface area contributed by atoms with Gasteiger partial charge in [0.05, 0.1) is 19.2 Å². The maximum absolute atomic E-state index is 12.1. The molecule has 0 bridgehead atoms. The lowest BCUT2D eigenvalue weighted by atomic mass is 10.2. The van der Waals surface area contributed by atoms with Crippen LogP contribution in [0.5, 0.6) is 5.75 Å². The first kappa shape index (κ1) is 17.0. The summed E-state index contributed by atoms with van der Waals surface area (Å²) in [4.78, 5) is 34.9. The van der Waals surface area contributed by atoms with Crippen molar-refractivity contribution in [1.29, 1.82) is 0 Å². The number of amides is 3. The first-order valence-electron chi connectivity index (χ1n) is 7.12. The van der Waals surface area contributed by atoms with Gasteiger partial charge in [0.25, 0.3) is 5.91 Å². The third kappa shape index (κ3) is 4.33. The molecule has 0 aliphatic heterocycles. The number of para-hydroxylation sites is 1. The lowest BCUT2D eigenvalue weighted by Crippen LogP contribution is -2.33. The van der Waals surface area contributed by atoms with E-state index in [9.17, 15) is 14.4 Å². The Hall–Kier alpha value is -3.35. The number of hydrogen-bond donors (Lipinski definition) is 3. The highest BCUT2D eigenvalue weighted by Gasteiger charge is 2.12. The molecule has 2 aromatic rings. The minimum absolute atomic E-state index is 0.200. The molecule has 24 heavy (non-hydrogen) atoms. The number of anilines is 1. The summed E-state index contributed by atoms with van der Waals surface area (Å²) in [6, 6.07) is 12.8. The summed E-state index contributed by atoms with van der Waals surface area (Å²) in [6.45, 7) is -0.200. The minimum Gasteiger partial charge on any atom is -0.496 e. The van der Waals surface area contributed by atoms with Crippen LogP contribution in [0, 0.1) is 0 Å². The number of nitrogens with one attached hydrogen (secondary N) is 2. The molecule has 7 heteroatoms. The molecule has 2 aromatic carbocycles. The fourth-order valence-corrected chi connectivity index (χ4v) is 2.01. The maximum atomic E-state index is 12.1. The van der Waals surface area contributed by atoms with E-state index in [2.05, 4.69) is 10.6 Å². The largest absolute Gasteiger partial charge is 0.496 e. The number of carbonyl (C=O) groups excluding carboxylic acids is 3. The Labute approximate surface area is 138 Å². The summed E-state index contributed by atoms with van der Waals surface area (Å²) in [6.07, 6.45) is 0. The first-order chi connectivity index (χ1) is 11.5. The van der Waals surface area contributed by atoms with E-state index in [0.29, 0.717) is 22.6 Å². The van der Waals surface area contributed by atoms with Crippen LogP contribution >= 0.6 is 0 Å². The normalized spacial score (nSPS) is 9.88. The second kappa shape index (κ2) is 7.77. The Balaban J connectivity index is 1.91. The molecule has 0 aromatic heterocycles. The number of hydrogen-bond acceptors (Lipinski definition) is 4. The minimum atomic E-state index is -0.544. The summed E-state index contributed by atoms with van der Waals surface area (Å²) >= 11 is 0.